The lowest BCUT2D eigenvalue weighted by molar-refractivity contribution is -0.161. The monoisotopic (exact) mass is 380 g/mol. The topological polar surface area (TPSA) is 141 Å². The van der Waals surface area contributed by atoms with Gasteiger partial charge in [0.1, 0.15) is 18.1 Å². The molecule has 10 nitrogen and oxygen atoms in total. The summed E-state index contributed by atoms with van der Waals surface area (Å²) >= 11 is 0. The van der Waals surface area contributed by atoms with Gasteiger partial charge in [0.15, 0.2) is 0 Å². The molecule has 0 radical (unpaired) electrons. The molecule has 0 aromatic carbocycles. The molecule has 3 rings (SSSR count). The molecule has 4 atom stereocenters. The summed E-state index contributed by atoms with van der Waals surface area (Å²) in [5, 5.41) is 25.2. The highest BCUT2D eigenvalue weighted by molar-refractivity contribution is 6.00. The van der Waals surface area contributed by atoms with Crippen molar-refractivity contribution < 1.29 is 29.3 Å². The molecule has 0 saturated carbocycles. The van der Waals surface area contributed by atoms with Crippen LogP contribution in [0.4, 0.5) is 0 Å². The number of rotatable bonds is 7. The second-order valence-electron chi connectivity index (χ2n) is 7.00. The molecular weight excluding hydrogens is 356 g/mol. The van der Waals surface area contributed by atoms with Crippen LogP contribution in [-0.4, -0.2) is 84.2 Å². The maximum atomic E-state index is 12.3. The number of amides is 2. The Hall–Kier alpha value is -2.46. The summed E-state index contributed by atoms with van der Waals surface area (Å²) in [6, 6.07) is -0.294. The third-order valence-corrected chi connectivity index (χ3v) is 5.24. The summed E-state index contributed by atoms with van der Waals surface area (Å²) < 4.78 is 4.74. The molecule has 3 aliphatic rings. The first-order valence-electron chi connectivity index (χ1n) is 8.85. The van der Waals surface area contributed by atoms with E-state index in [9.17, 15) is 24.6 Å². The Balaban J connectivity index is 1.67. The fourth-order valence-electron chi connectivity index (χ4n) is 3.96. The van der Waals surface area contributed by atoms with Crippen molar-refractivity contribution in [1.82, 2.24) is 15.5 Å². The Labute approximate surface area is 156 Å². The lowest BCUT2D eigenvalue weighted by Crippen LogP contribution is -2.61. The van der Waals surface area contributed by atoms with E-state index in [4.69, 9.17) is 4.74 Å². The van der Waals surface area contributed by atoms with Crippen LogP contribution < -0.4 is 10.6 Å². The molecule has 3 aliphatic heterocycles. The number of nitrogens with zero attached hydrogens (tertiary/aromatic N) is 2. The number of aliphatic imine (C=N–C) groups is 1. The lowest BCUT2D eigenvalue weighted by atomic mass is 9.82. The standard InChI is InChI=1S/C17H24N4O6/c1-8(22)14-11-3-10(15(17(25)26)21(11)16(14)24)9-4-18-12(19-5-9)6-20-13(23)7-27-2/h8-9,11,14,22H,3-7H2,1-2H3,(H,18,19)(H,20,23)(H,25,26)/t8-,11-,14-/m1/s1. The second-order valence-corrected chi connectivity index (χ2v) is 7.00. The number of carboxylic acid groups (broad SMARTS) is 1. The first-order valence-corrected chi connectivity index (χ1v) is 8.85. The second kappa shape index (κ2) is 7.65. The number of nitrogens with one attached hydrogen (secondary N) is 2. The third kappa shape index (κ3) is 3.54. The number of hydrogen-bond donors (Lipinski definition) is 4. The van der Waals surface area contributed by atoms with E-state index in [-0.39, 0.29) is 42.6 Å². The van der Waals surface area contributed by atoms with E-state index in [2.05, 4.69) is 15.6 Å². The molecule has 10 heteroatoms. The molecule has 0 spiro atoms. The zero-order valence-electron chi connectivity index (χ0n) is 15.3. The average molecular weight is 380 g/mol. The van der Waals surface area contributed by atoms with Crippen molar-refractivity contribution in [1.29, 1.82) is 0 Å². The van der Waals surface area contributed by atoms with E-state index in [1.165, 1.54) is 12.0 Å². The van der Waals surface area contributed by atoms with Crippen LogP contribution in [0.1, 0.15) is 13.3 Å². The molecule has 0 bridgehead atoms. The van der Waals surface area contributed by atoms with Gasteiger partial charge in [-0.05, 0) is 18.9 Å². The number of carboxylic acids is 1. The molecule has 3 heterocycles. The van der Waals surface area contributed by atoms with Gasteiger partial charge in [0.25, 0.3) is 0 Å². The first-order chi connectivity index (χ1) is 12.8. The summed E-state index contributed by atoms with van der Waals surface area (Å²) in [5.41, 5.74) is 0.712. The summed E-state index contributed by atoms with van der Waals surface area (Å²) in [5.74, 6) is -1.80. The number of β-lactam (4-membered cyclic amide) rings is 1. The summed E-state index contributed by atoms with van der Waals surface area (Å²) in [6.07, 6.45) is -0.372. The summed E-state index contributed by atoms with van der Waals surface area (Å²) in [7, 11) is 1.44. The highest BCUT2D eigenvalue weighted by Gasteiger charge is 2.57. The zero-order valence-corrected chi connectivity index (χ0v) is 15.3. The fourth-order valence-corrected chi connectivity index (χ4v) is 3.96. The molecule has 1 saturated heterocycles. The third-order valence-electron chi connectivity index (χ3n) is 5.24. The average Bonchev–Trinajstić information content (AvgIpc) is 2.95. The molecule has 0 aromatic heterocycles. The molecule has 27 heavy (non-hydrogen) atoms. The van der Waals surface area contributed by atoms with Gasteiger partial charge in [0.2, 0.25) is 11.8 Å². The smallest absolute Gasteiger partial charge is 0.352 e. The van der Waals surface area contributed by atoms with Crippen LogP contribution in [0.3, 0.4) is 0 Å². The van der Waals surface area contributed by atoms with Crippen LogP contribution in [0.15, 0.2) is 16.3 Å². The van der Waals surface area contributed by atoms with Crippen LogP contribution in [-0.2, 0) is 19.1 Å². The lowest BCUT2D eigenvalue weighted by Gasteiger charge is -2.44. The van der Waals surface area contributed by atoms with Crippen LogP contribution in [0.5, 0.6) is 0 Å². The van der Waals surface area contributed by atoms with Gasteiger partial charge in [0, 0.05) is 26.1 Å². The van der Waals surface area contributed by atoms with Gasteiger partial charge < -0.3 is 30.5 Å². The Morgan fingerprint density at radius 1 is 1.48 bits per heavy atom. The summed E-state index contributed by atoms with van der Waals surface area (Å²) in [6.45, 7) is 2.62. The van der Waals surface area contributed by atoms with Gasteiger partial charge in [-0.1, -0.05) is 0 Å². The van der Waals surface area contributed by atoms with Crippen molar-refractivity contribution in [2.45, 2.75) is 25.5 Å². The number of aliphatic hydroxyl groups excluding tert-OH is 1. The van der Waals surface area contributed by atoms with Gasteiger partial charge in [-0.15, -0.1) is 0 Å². The van der Waals surface area contributed by atoms with Crippen molar-refractivity contribution >= 4 is 23.6 Å². The van der Waals surface area contributed by atoms with Crippen molar-refractivity contribution in [3.63, 3.8) is 0 Å². The van der Waals surface area contributed by atoms with E-state index in [1.54, 1.807) is 6.92 Å². The number of amidine groups is 1. The van der Waals surface area contributed by atoms with Gasteiger partial charge >= 0.3 is 5.97 Å². The van der Waals surface area contributed by atoms with Crippen molar-refractivity contribution in [2.24, 2.45) is 16.8 Å². The van der Waals surface area contributed by atoms with E-state index in [1.807, 2.05) is 0 Å². The summed E-state index contributed by atoms with van der Waals surface area (Å²) in [4.78, 5) is 41.1. The van der Waals surface area contributed by atoms with E-state index in [0.29, 0.717) is 30.9 Å². The zero-order chi connectivity index (χ0) is 19.7. The molecule has 1 fully saturated rings. The minimum atomic E-state index is -1.13. The van der Waals surface area contributed by atoms with Gasteiger partial charge in [-0.3, -0.25) is 14.6 Å². The van der Waals surface area contributed by atoms with E-state index in [0.717, 1.165) is 0 Å². The molecule has 4 N–H and O–H groups in total. The largest absolute Gasteiger partial charge is 0.477 e. The molecule has 2 amide bonds. The highest BCUT2D eigenvalue weighted by atomic mass is 16.5. The number of methoxy groups -OCH3 is 1. The van der Waals surface area contributed by atoms with E-state index < -0.39 is 18.0 Å². The van der Waals surface area contributed by atoms with Crippen molar-refractivity contribution in [3.05, 3.63) is 11.3 Å². The van der Waals surface area contributed by atoms with E-state index >= 15 is 0 Å². The van der Waals surface area contributed by atoms with Crippen molar-refractivity contribution in [3.8, 4) is 0 Å². The van der Waals surface area contributed by atoms with Gasteiger partial charge in [-0.25, -0.2) is 4.79 Å². The number of aliphatic carboxylic acids is 1. The minimum Gasteiger partial charge on any atom is -0.477 e. The maximum Gasteiger partial charge on any atom is 0.352 e. The van der Waals surface area contributed by atoms with Crippen molar-refractivity contribution in [2.75, 3.05) is 33.4 Å². The molecule has 148 valence electrons. The predicted octanol–water partition coefficient (Wildman–Crippen LogP) is -1.68. The number of carbonyl (C=O) groups excluding carboxylic acids is 2. The van der Waals surface area contributed by atoms with Crippen LogP contribution in [0.25, 0.3) is 0 Å². The molecule has 1 unspecified atom stereocenters. The fraction of sp³-hybridized carbons (Fsp3) is 0.647. The van der Waals surface area contributed by atoms with Gasteiger partial charge in [0.05, 0.1) is 24.6 Å². The Morgan fingerprint density at radius 3 is 2.78 bits per heavy atom. The minimum absolute atomic E-state index is 0.0273. The normalized spacial score (nSPS) is 28.1. The molecule has 0 aliphatic carbocycles. The number of hydrogen-bond acceptors (Lipinski definition) is 7. The number of fused-ring (bicyclic) bond motifs is 1. The van der Waals surface area contributed by atoms with Gasteiger partial charge in [-0.2, -0.15) is 0 Å². The maximum absolute atomic E-state index is 12.3. The van der Waals surface area contributed by atoms with Crippen LogP contribution >= 0.6 is 0 Å². The quantitative estimate of drug-likeness (QED) is 0.387. The highest BCUT2D eigenvalue weighted by Crippen LogP contribution is 2.45. The Morgan fingerprint density at radius 2 is 2.22 bits per heavy atom. The Bertz CT molecular complexity index is 716. The first kappa shape index (κ1) is 19.3. The number of aliphatic hydroxyl groups is 1. The number of carbonyl (C=O) groups is 3. The Kier molecular flexibility index (Phi) is 5.47. The predicted molar refractivity (Wildman–Crippen MR) is 93.8 cm³/mol. The number of ether oxygens (including phenoxy) is 1. The molecule has 0 aromatic rings. The van der Waals surface area contributed by atoms with Crippen LogP contribution in [0.2, 0.25) is 0 Å². The van der Waals surface area contributed by atoms with Crippen LogP contribution in [0, 0.1) is 11.8 Å². The SMILES string of the molecule is COCC(=O)NCC1=NCC(C2=C(C(=O)O)N3C(=O)[C@H]([C@@H](C)O)[C@H]3C2)CN1. The molecular formula is C17H24N4O6.